The Balaban J connectivity index is 2.30. The van der Waals surface area contributed by atoms with Crippen LogP contribution in [-0.2, 0) is 4.74 Å². The molecule has 0 aromatic heterocycles. The summed E-state index contributed by atoms with van der Waals surface area (Å²) in [7, 11) is 0. The number of ether oxygens (including phenoxy) is 1. The fourth-order valence-electron chi connectivity index (χ4n) is 1.42. The predicted molar refractivity (Wildman–Crippen MR) is 47.8 cm³/mol. The maximum atomic E-state index is 9.58. The van der Waals surface area contributed by atoms with Crippen molar-refractivity contribution in [1.82, 2.24) is 0 Å². The minimum Gasteiger partial charge on any atom is -0.389 e. The molecule has 1 heterocycles. The van der Waals surface area contributed by atoms with Crippen LogP contribution < -0.4 is 5.73 Å². The molecule has 0 aromatic rings. The molecule has 0 saturated carbocycles. The summed E-state index contributed by atoms with van der Waals surface area (Å²) in [5.41, 5.74) is 5.06. The van der Waals surface area contributed by atoms with E-state index in [2.05, 4.69) is 0 Å². The second-order valence-electron chi connectivity index (χ2n) is 4.23. The Labute approximate surface area is 73.9 Å². The molecule has 12 heavy (non-hydrogen) atoms. The summed E-state index contributed by atoms with van der Waals surface area (Å²) in [5.74, 6) is 0.548. The van der Waals surface area contributed by atoms with Gasteiger partial charge in [-0.2, -0.15) is 0 Å². The highest BCUT2D eigenvalue weighted by atomic mass is 16.5. The van der Waals surface area contributed by atoms with Gasteiger partial charge in [-0.3, -0.25) is 0 Å². The molecule has 72 valence electrons. The summed E-state index contributed by atoms with van der Waals surface area (Å²) in [5, 5.41) is 9.58. The van der Waals surface area contributed by atoms with E-state index in [1.165, 1.54) is 0 Å². The van der Waals surface area contributed by atoms with Crippen molar-refractivity contribution in [2.75, 3.05) is 13.2 Å². The summed E-state index contributed by atoms with van der Waals surface area (Å²) in [6.07, 6.45) is 1.95. The zero-order valence-corrected chi connectivity index (χ0v) is 7.92. The van der Waals surface area contributed by atoms with Crippen molar-refractivity contribution in [2.45, 2.75) is 38.3 Å². The van der Waals surface area contributed by atoms with Crippen LogP contribution in [0.3, 0.4) is 0 Å². The van der Waals surface area contributed by atoms with E-state index in [9.17, 15) is 5.11 Å². The van der Waals surface area contributed by atoms with E-state index >= 15 is 0 Å². The van der Waals surface area contributed by atoms with Gasteiger partial charge in [0.2, 0.25) is 0 Å². The third kappa shape index (κ3) is 2.73. The number of hydrogen-bond acceptors (Lipinski definition) is 3. The SMILES string of the molecule is CC(C)(O)C(N)CC1CCOC1. The first-order valence-electron chi connectivity index (χ1n) is 4.56. The fourth-order valence-corrected chi connectivity index (χ4v) is 1.42. The van der Waals surface area contributed by atoms with Crippen LogP contribution in [-0.4, -0.2) is 30.0 Å². The summed E-state index contributed by atoms with van der Waals surface area (Å²) in [4.78, 5) is 0. The Kier molecular flexibility index (Phi) is 3.09. The third-order valence-corrected chi connectivity index (χ3v) is 2.52. The molecular formula is C9H19NO2. The predicted octanol–water partition coefficient (Wildman–Crippen LogP) is 0.511. The maximum Gasteiger partial charge on any atom is 0.0742 e. The van der Waals surface area contributed by atoms with E-state index in [0.717, 1.165) is 26.1 Å². The van der Waals surface area contributed by atoms with Gasteiger partial charge in [0, 0.05) is 19.3 Å². The Hall–Kier alpha value is -0.120. The van der Waals surface area contributed by atoms with Gasteiger partial charge in [0.05, 0.1) is 5.60 Å². The first-order chi connectivity index (χ1) is 5.50. The number of nitrogens with two attached hydrogens (primary N) is 1. The van der Waals surface area contributed by atoms with Gasteiger partial charge in [0.1, 0.15) is 0 Å². The van der Waals surface area contributed by atoms with E-state index in [-0.39, 0.29) is 6.04 Å². The molecule has 1 saturated heterocycles. The maximum absolute atomic E-state index is 9.58. The zero-order valence-electron chi connectivity index (χ0n) is 7.92. The monoisotopic (exact) mass is 173 g/mol. The van der Waals surface area contributed by atoms with E-state index < -0.39 is 5.60 Å². The van der Waals surface area contributed by atoms with E-state index in [1.54, 1.807) is 13.8 Å². The molecule has 3 heteroatoms. The summed E-state index contributed by atoms with van der Waals surface area (Å²) in [6.45, 7) is 5.17. The largest absolute Gasteiger partial charge is 0.389 e. The van der Waals surface area contributed by atoms with Gasteiger partial charge in [0.15, 0.2) is 0 Å². The van der Waals surface area contributed by atoms with E-state index in [0.29, 0.717) is 5.92 Å². The Bertz CT molecular complexity index is 136. The fraction of sp³-hybridized carbons (Fsp3) is 1.00. The van der Waals surface area contributed by atoms with Gasteiger partial charge in [-0.1, -0.05) is 0 Å². The first kappa shape index (κ1) is 9.96. The van der Waals surface area contributed by atoms with Crippen molar-refractivity contribution < 1.29 is 9.84 Å². The average molecular weight is 173 g/mol. The van der Waals surface area contributed by atoms with Crippen molar-refractivity contribution in [2.24, 2.45) is 11.7 Å². The molecule has 1 rings (SSSR count). The molecule has 0 aliphatic carbocycles. The van der Waals surface area contributed by atoms with Gasteiger partial charge in [-0.25, -0.2) is 0 Å². The summed E-state index contributed by atoms with van der Waals surface area (Å²) in [6, 6.07) is -0.135. The molecule has 0 radical (unpaired) electrons. The quantitative estimate of drug-likeness (QED) is 0.654. The minimum absolute atomic E-state index is 0.135. The minimum atomic E-state index is -0.761. The van der Waals surface area contributed by atoms with Crippen LogP contribution >= 0.6 is 0 Å². The smallest absolute Gasteiger partial charge is 0.0742 e. The molecule has 2 atom stereocenters. The first-order valence-corrected chi connectivity index (χ1v) is 4.56. The lowest BCUT2D eigenvalue weighted by Gasteiger charge is -2.27. The Morgan fingerprint density at radius 2 is 2.33 bits per heavy atom. The van der Waals surface area contributed by atoms with Gasteiger partial charge < -0.3 is 15.6 Å². The molecule has 0 bridgehead atoms. The van der Waals surface area contributed by atoms with Gasteiger partial charge in [-0.15, -0.1) is 0 Å². The average Bonchev–Trinajstić information content (AvgIpc) is 2.37. The molecule has 3 N–H and O–H groups in total. The van der Waals surface area contributed by atoms with Crippen LogP contribution in [0.25, 0.3) is 0 Å². The number of rotatable bonds is 3. The molecule has 0 amide bonds. The molecule has 3 nitrogen and oxygen atoms in total. The highest BCUT2D eigenvalue weighted by Gasteiger charge is 2.27. The van der Waals surface area contributed by atoms with Crippen LogP contribution in [0.2, 0.25) is 0 Å². The van der Waals surface area contributed by atoms with Crippen LogP contribution in [0.15, 0.2) is 0 Å². The molecule has 0 spiro atoms. The molecular weight excluding hydrogens is 154 g/mol. The van der Waals surface area contributed by atoms with Gasteiger partial charge in [-0.05, 0) is 32.6 Å². The number of aliphatic hydroxyl groups is 1. The van der Waals surface area contributed by atoms with Crippen molar-refractivity contribution in [3.8, 4) is 0 Å². The van der Waals surface area contributed by atoms with Crippen LogP contribution in [0.5, 0.6) is 0 Å². The topological polar surface area (TPSA) is 55.5 Å². The van der Waals surface area contributed by atoms with Gasteiger partial charge >= 0.3 is 0 Å². The Morgan fingerprint density at radius 3 is 2.75 bits per heavy atom. The molecule has 1 fully saturated rings. The number of hydrogen-bond donors (Lipinski definition) is 2. The second kappa shape index (κ2) is 3.73. The molecule has 1 aliphatic rings. The highest BCUT2D eigenvalue weighted by molar-refractivity contribution is 4.83. The molecule has 1 aliphatic heterocycles. The van der Waals surface area contributed by atoms with Crippen molar-refractivity contribution in [1.29, 1.82) is 0 Å². The molecule has 0 aromatic carbocycles. The second-order valence-corrected chi connectivity index (χ2v) is 4.23. The summed E-state index contributed by atoms with van der Waals surface area (Å²) < 4.78 is 5.23. The Morgan fingerprint density at radius 1 is 1.67 bits per heavy atom. The van der Waals surface area contributed by atoms with Crippen LogP contribution in [0, 0.1) is 5.92 Å². The van der Waals surface area contributed by atoms with Crippen LogP contribution in [0.4, 0.5) is 0 Å². The normalized spacial score (nSPS) is 27.5. The highest BCUT2D eigenvalue weighted by Crippen LogP contribution is 2.21. The van der Waals surface area contributed by atoms with Crippen LogP contribution in [0.1, 0.15) is 26.7 Å². The lowest BCUT2D eigenvalue weighted by Crippen LogP contribution is -2.44. The lowest BCUT2D eigenvalue weighted by molar-refractivity contribution is 0.0422. The lowest BCUT2D eigenvalue weighted by atomic mass is 9.90. The van der Waals surface area contributed by atoms with Crippen molar-refractivity contribution in [3.05, 3.63) is 0 Å². The van der Waals surface area contributed by atoms with Crippen molar-refractivity contribution in [3.63, 3.8) is 0 Å². The summed E-state index contributed by atoms with van der Waals surface area (Å²) >= 11 is 0. The van der Waals surface area contributed by atoms with Gasteiger partial charge in [0.25, 0.3) is 0 Å². The zero-order chi connectivity index (χ0) is 9.19. The standard InChI is InChI=1S/C9H19NO2/c1-9(2,11)8(10)5-7-3-4-12-6-7/h7-8,11H,3-6,10H2,1-2H3. The molecule has 2 unspecified atom stereocenters. The van der Waals surface area contributed by atoms with E-state index in [4.69, 9.17) is 10.5 Å². The third-order valence-electron chi connectivity index (χ3n) is 2.52. The van der Waals surface area contributed by atoms with E-state index in [1.807, 2.05) is 0 Å². The van der Waals surface area contributed by atoms with Crippen molar-refractivity contribution >= 4 is 0 Å².